The Balaban J connectivity index is 1.84. The standard InChI is InChI=1S/C19H23N3O5S/c1-14-7-9-16(10-8-14)28(25,26)21-12-11-17(18(20)23)22-19(24)27-13-15-5-3-2-4-6-15/h2-10,17,21H,11-13H2,1H3,(H2,20,23)(H,22,24)/t17-/m1/s1. The van der Waals surface area contributed by atoms with E-state index in [1.807, 2.05) is 25.1 Å². The van der Waals surface area contributed by atoms with E-state index in [2.05, 4.69) is 10.0 Å². The van der Waals surface area contributed by atoms with Gasteiger partial charge in [-0.1, -0.05) is 48.0 Å². The van der Waals surface area contributed by atoms with Crippen molar-refractivity contribution in [2.75, 3.05) is 6.54 Å². The summed E-state index contributed by atoms with van der Waals surface area (Å²) >= 11 is 0. The van der Waals surface area contributed by atoms with Crippen LogP contribution in [0.15, 0.2) is 59.5 Å². The van der Waals surface area contributed by atoms with E-state index >= 15 is 0 Å². The average molecular weight is 405 g/mol. The van der Waals surface area contributed by atoms with Crippen LogP contribution in [0, 0.1) is 6.92 Å². The molecule has 150 valence electrons. The third-order valence-corrected chi connectivity index (χ3v) is 5.38. The van der Waals surface area contributed by atoms with Gasteiger partial charge in [0.2, 0.25) is 15.9 Å². The molecule has 0 aliphatic carbocycles. The fraction of sp³-hybridized carbons (Fsp3) is 0.263. The first-order valence-electron chi connectivity index (χ1n) is 8.61. The van der Waals surface area contributed by atoms with Gasteiger partial charge in [-0.05, 0) is 31.0 Å². The Hall–Kier alpha value is -2.91. The Kier molecular flexibility index (Phi) is 7.53. The smallest absolute Gasteiger partial charge is 0.408 e. The molecule has 0 aliphatic rings. The van der Waals surface area contributed by atoms with Gasteiger partial charge in [-0.2, -0.15) is 0 Å². The van der Waals surface area contributed by atoms with Gasteiger partial charge in [0.1, 0.15) is 12.6 Å². The summed E-state index contributed by atoms with van der Waals surface area (Å²) in [6.07, 6.45) is -0.824. The fourth-order valence-corrected chi connectivity index (χ4v) is 3.38. The van der Waals surface area contributed by atoms with E-state index in [4.69, 9.17) is 10.5 Å². The third kappa shape index (κ3) is 6.67. The largest absolute Gasteiger partial charge is 0.445 e. The number of hydrogen-bond donors (Lipinski definition) is 3. The lowest BCUT2D eigenvalue weighted by molar-refractivity contribution is -0.120. The van der Waals surface area contributed by atoms with E-state index < -0.39 is 28.1 Å². The summed E-state index contributed by atoms with van der Waals surface area (Å²) in [6, 6.07) is 14.3. The molecule has 2 aromatic carbocycles. The van der Waals surface area contributed by atoms with Crippen molar-refractivity contribution in [3.63, 3.8) is 0 Å². The van der Waals surface area contributed by atoms with Crippen LogP contribution in [0.1, 0.15) is 17.5 Å². The number of carbonyl (C=O) groups excluding carboxylic acids is 2. The minimum absolute atomic E-state index is 0.0130. The van der Waals surface area contributed by atoms with Crippen LogP contribution in [0.4, 0.5) is 4.79 Å². The van der Waals surface area contributed by atoms with E-state index in [0.29, 0.717) is 0 Å². The zero-order chi connectivity index (χ0) is 20.6. The number of sulfonamides is 1. The number of benzene rings is 2. The summed E-state index contributed by atoms with van der Waals surface area (Å²) in [7, 11) is -3.72. The molecule has 0 saturated heterocycles. The molecule has 0 saturated carbocycles. The van der Waals surface area contributed by atoms with Gasteiger partial charge in [-0.15, -0.1) is 0 Å². The Morgan fingerprint density at radius 1 is 1.07 bits per heavy atom. The predicted molar refractivity (Wildman–Crippen MR) is 104 cm³/mol. The average Bonchev–Trinajstić information content (AvgIpc) is 2.66. The van der Waals surface area contributed by atoms with Crippen LogP contribution in [-0.4, -0.2) is 33.0 Å². The van der Waals surface area contributed by atoms with Crippen LogP contribution in [-0.2, 0) is 26.2 Å². The van der Waals surface area contributed by atoms with Crippen LogP contribution < -0.4 is 15.8 Å². The van der Waals surface area contributed by atoms with Crippen molar-refractivity contribution in [2.45, 2.75) is 30.9 Å². The molecule has 2 rings (SSSR count). The van der Waals surface area contributed by atoms with Crippen molar-refractivity contribution in [3.05, 3.63) is 65.7 Å². The molecule has 9 heteroatoms. The molecule has 28 heavy (non-hydrogen) atoms. The van der Waals surface area contributed by atoms with Crippen LogP contribution in [0.25, 0.3) is 0 Å². The van der Waals surface area contributed by atoms with E-state index in [9.17, 15) is 18.0 Å². The molecular weight excluding hydrogens is 382 g/mol. The monoisotopic (exact) mass is 405 g/mol. The van der Waals surface area contributed by atoms with Gasteiger partial charge in [-0.3, -0.25) is 4.79 Å². The highest BCUT2D eigenvalue weighted by Crippen LogP contribution is 2.10. The number of aryl methyl sites for hydroxylation is 1. The van der Waals surface area contributed by atoms with Crippen molar-refractivity contribution in [3.8, 4) is 0 Å². The van der Waals surface area contributed by atoms with Gasteiger partial charge < -0.3 is 15.8 Å². The molecule has 0 aromatic heterocycles. The van der Waals surface area contributed by atoms with Crippen molar-refractivity contribution in [2.24, 2.45) is 5.73 Å². The topological polar surface area (TPSA) is 128 Å². The maximum atomic E-state index is 12.2. The lowest BCUT2D eigenvalue weighted by Gasteiger charge is -2.16. The summed E-state index contributed by atoms with van der Waals surface area (Å²) in [5.41, 5.74) is 7.01. The third-order valence-electron chi connectivity index (χ3n) is 3.90. The van der Waals surface area contributed by atoms with Gasteiger partial charge in [0, 0.05) is 6.54 Å². The SMILES string of the molecule is Cc1ccc(S(=O)(=O)NCC[C@@H](NC(=O)OCc2ccccc2)C(N)=O)cc1. The molecule has 2 amide bonds. The second-order valence-electron chi connectivity index (χ2n) is 6.16. The molecule has 0 radical (unpaired) electrons. The summed E-state index contributed by atoms with van der Waals surface area (Å²) in [4.78, 5) is 23.5. The zero-order valence-corrected chi connectivity index (χ0v) is 16.2. The lowest BCUT2D eigenvalue weighted by Crippen LogP contribution is -2.46. The Labute approximate surface area is 164 Å². The number of rotatable bonds is 9. The second kappa shape index (κ2) is 9.86. The molecule has 0 heterocycles. The molecule has 0 spiro atoms. The van der Waals surface area contributed by atoms with Crippen LogP contribution >= 0.6 is 0 Å². The summed E-state index contributed by atoms with van der Waals surface area (Å²) in [6.45, 7) is 1.81. The minimum atomic E-state index is -3.72. The van der Waals surface area contributed by atoms with E-state index in [1.165, 1.54) is 12.1 Å². The van der Waals surface area contributed by atoms with Crippen molar-refractivity contribution in [1.82, 2.24) is 10.0 Å². The van der Waals surface area contributed by atoms with Crippen molar-refractivity contribution < 1.29 is 22.7 Å². The molecule has 1 atom stereocenters. The number of ether oxygens (including phenoxy) is 1. The molecule has 2 aromatic rings. The van der Waals surface area contributed by atoms with Gasteiger partial charge in [0.05, 0.1) is 4.90 Å². The van der Waals surface area contributed by atoms with E-state index in [0.717, 1.165) is 11.1 Å². The zero-order valence-electron chi connectivity index (χ0n) is 15.4. The maximum Gasteiger partial charge on any atom is 0.408 e. The van der Waals surface area contributed by atoms with E-state index in [-0.39, 0.29) is 24.5 Å². The van der Waals surface area contributed by atoms with Crippen molar-refractivity contribution >= 4 is 22.0 Å². The Morgan fingerprint density at radius 3 is 2.32 bits per heavy atom. The van der Waals surface area contributed by atoms with Crippen LogP contribution in [0.5, 0.6) is 0 Å². The molecule has 0 bridgehead atoms. The molecule has 8 nitrogen and oxygen atoms in total. The van der Waals surface area contributed by atoms with Crippen LogP contribution in [0.3, 0.4) is 0 Å². The quantitative estimate of drug-likeness (QED) is 0.582. The first kappa shape index (κ1) is 21.4. The Morgan fingerprint density at radius 2 is 1.71 bits per heavy atom. The number of nitrogens with one attached hydrogen (secondary N) is 2. The van der Waals surface area contributed by atoms with E-state index in [1.54, 1.807) is 24.3 Å². The summed E-state index contributed by atoms with van der Waals surface area (Å²) in [5.74, 6) is -0.786. The lowest BCUT2D eigenvalue weighted by atomic mass is 10.2. The number of primary amides is 1. The van der Waals surface area contributed by atoms with Crippen LogP contribution in [0.2, 0.25) is 0 Å². The maximum absolute atomic E-state index is 12.2. The normalized spacial score (nSPS) is 12.2. The molecule has 0 unspecified atom stereocenters. The first-order chi connectivity index (χ1) is 13.3. The number of carbonyl (C=O) groups is 2. The highest BCUT2D eigenvalue weighted by Gasteiger charge is 2.20. The van der Waals surface area contributed by atoms with Gasteiger partial charge in [-0.25, -0.2) is 17.9 Å². The molecule has 0 aliphatic heterocycles. The van der Waals surface area contributed by atoms with Gasteiger partial charge >= 0.3 is 6.09 Å². The number of amides is 2. The molecule has 4 N–H and O–H groups in total. The molecular formula is C19H23N3O5S. The molecule has 0 fully saturated rings. The minimum Gasteiger partial charge on any atom is -0.445 e. The number of nitrogens with two attached hydrogens (primary N) is 1. The number of alkyl carbamates (subject to hydrolysis) is 1. The second-order valence-corrected chi connectivity index (χ2v) is 7.93. The van der Waals surface area contributed by atoms with Crippen molar-refractivity contribution in [1.29, 1.82) is 0 Å². The first-order valence-corrected chi connectivity index (χ1v) is 10.1. The Bertz CT molecular complexity index is 899. The summed E-state index contributed by atoms with van der Waals surface area (Å²) < 4.78 is 31.9. The highest BCUT2D eigenvalue weighted by molar-refractivity contribution is 7.89. The fourth-order valence-electron chi connectivity index (χ4n) is 2.33. The predicted octanol–water partition coefficient (Wildman–Crippen LogP) is 1.44. The number of hydrogen-bond acceptors (Lipinski definition) is 5. The highest BCUT2D eigenvalue weighted by atomic mass is 32.2. The van der Waals surface area contributed by atoms with Gasteiger partial charge in [0.15, 0.2) is 0 Å². The van der Waals surface area contributed by atoms with Gasteiger partial charge in [0.25, 0.3) is 0 Å². The summed E-state index contributed by atoms with van der Waals surface area (Å²) in [5, 5.41) is 2.35.